The highest BCUT2D eigenvalue weighted by Crippen LogP contribution is 2.39. The first-order chi connectivity index (χ1) is 11.6. The molecule has 0 atom stereocenters. The number of allylic oxidation sites excluding steroid dienone is 1. The number of carbonyl (C=O) groups excluding carboxylic acids is 2. The van der Waals surface area contributed by atoms with Crippen molar-refractivity contribution in [3.63, 3.8) is 0 Å². The van der Waals surface area contributed by atoms with Crippen LogP contribution in [0.15, 0.2) is 54.2 Å². The number of rotatable bonds is 3. The van der Waals surface area contributed by atoms with Crippen LogP contribution >= 0.6 is 0 Å². The quantitative estimate of drug-likeness (QED) is 0.753. The summed E-state index contributed by atoms with van der Waals surface area (Å²) in [5.74, 6) is -0.619. The van der Waals surface area contributed by atoms with Gasteiger partial charge in [0.2, 0.25) is 0 Å². The van der Waals surface area contributed by atoms with Gasteiger partial charge < -0.3 is 15.7 Å². The summed E-state index contributed by atoms with van der Waals surface area (Å²) in [5, 5.41) is 15.4. The zero-order valence-corrected chi connectivity index (χ0v) is 13.3. The molecule has 0 saturated heterocycles. The maximum atomic E-state index is 12.4. The Morgan fingerprint density at radius 2 is 1.72 bits per heavy atom. The molecule has 0 heterocycles. The molecule has 0 fully saturated rings. The van der Waals surface area contributed by atoms with Crippen LogP contribution < -0.4 is 10.6 Å². The van der Waals surface area contributed by atoms with Gasteiger partial charge in [0.05, 0.1) is 0 Å². The molecule has 0 unspecified atom stereocenters. The van der Waals surface area contributed by atoms with Gasteiger partial charge in [-0.05, 0) is 42.2 Å². The van der Waals surface area contributed by atoms with Gasteiger partial charge in [-0.25, -0.2) is 0 Å². The molecule has 130 valence electrons. The molecule has 5 heteroatoms. The molecule has 2 aromatic rings. The molecule has 1 aliphatic rings. The summed E-state index contributed by atoms with van der Waals surface area (Å²) >= 11 is 0. The second kappa shape index (κ2) is 7.66. The molecule has 0 aliphatic heterocycles. The Bertz CT molecular complexity index is 826. The molecular formula is C20H22N2O3. The van der Waals surface area contributed by atoms with E-state index in [2.05, 4.69) is 10.6 Å². The van der Waals surface area contributed by atoms with Crippen molar-refractivity contribution in [1.82, 2.24) is 10.6 Å². The maximum Gasteiger partial charge on any atom is 0.267 e. The number of aryl methyl sites for hydroxylation is 1. The lowest BCUT2D eigenvalue weighted by atomic mass is 10.0. The average molecular weight is 338 g/mol. The lowest BCUT2D eigenvalue weighted by Gasteiger charge is -2.14. The highest BCUT2D eigenvalue weighted by atomic mass is 16.3. The second-order valence-electron chi connectivity index (χ2n) is 5.56. The van der Waals surface area contributed by atoms with E-state index >= 15 is 0 Å². The second-order valence-corrected chi connectivity index (χ2v) is 5.56. The van der Waals surface area contributed by atoms with E-state index in [-0.39, 0.29) is 30.7 Å². The summed E-state index contributed by atoms with van der Waals surface area (Å²) in [4.78, 5) is 24.8. The topological polar surface area (TPSA) is 78.4 Å². The molecule has 0 bridgehead atoms. The van der Waals surface area contributed by atoms with Crippen molar-refractivity contribution in [3.8, 4) is 5.75 Å². The van der Waals surface area contributed by atoms with Crippen LogP contribution in [0.3, 0.4) is 0 Å². The number of hydrogen-bond donors (Lipinski definition) is 3. The van der Waals surface area contributed by atoms with Crippen LogP contribution in [0.25, 0.3) is 5.57 Å². The van der Waals surface area contributed by atoms with Crippen molar-refractivity contribution in [3.05, 3.63) is 70.9 Å². The molecule has 0 saturated carbocycles. The van der Waals surface area contributed by atoms with Crippen LogP contribution in [0.2, 0.25) is 0 Å². The number of amides is 2. The molecular weight excluding hydrogens is 316 g/mol. The van der Waals surface area contributed by atoms with Gasteiger partial charge in [-0.2, -0.15) is 0 Å². The maximum absolute atomic E-state index is 12.4. The van der Waals surface area contributed by atoms with Crippen molar-refractivity contribution in [2.24, 2.45) is 0 Å². The van der Waals surface area contributed by atoms with Crippen LogP contribution in [0.4, 0.5) is 0 Å². The molecule has 0 aromatic heterocycles. The van der Waals surface area contributed by atoms with Gasteiger partial charge in [0.25, 0.3) is 11.8 Å². The van der Waals surface area contributed by atoms with E-state index in [0.717, 1.165) is 12.0 Å². The summed E-state index contributed by atoms with van der Waals surface area (Å²) in [5.41, 5.74) is 2.93. The fourth-order valence-corrected chi connectivity index (χ4v) is 2.95. The SMILES string of the molecule is C.CNC(=O)/C(NC(=O)c1ccccc1)=C1\CCc2cccc(O)c21. The smallest absolute Gasteiger partial charge is 0.267 e. The summed E-state index contributed by atoms with van der Waals surface area (Å²) in [6.45, 7) is 0. The Morgan fingerprint density at radius 3 is 2.40 bits per heavy atom. The summed E-state index contributed by atoms with van der Waals surface area (Å²) in [7, 11) is 1.51. The van der Waals surface area contributed by atoms with Crippen LogP contribution in [0.5, 0.6) is 5.75 Å². The number of aromatic hydroxyl groups is 1. The van der Waals surface area contributed by atoms with Gasteiger partial charge in [0.1, 0.15) is 11.4 Å². The lowest BCUT2D eigenvalue weighted by molar-refractivity contribution is -0.117. The predicted molar refractivity (Wildman–Crippen MR) is 98.1 cm³/mol. The first-order valence-electron chi connectivity index (χ1n) is 7.74. The van der Waals surface area contributed by atoms with E-state index in [0.29, 0.717) is 23.1 Å². The Hall–Kier alpha value is -3.08. The summed E-state index contributed by atoms with van der Waals surface area (Å²) < 4.78 is 0. The minimum atomic E-state index is -0.384. The molecule has 0 spiro atoms. The Balaban J connectivity index is 0.00000225. The fraction of sp³-hybridized carbons (Fsp3) is 0.200. The standard InChI is InChI=1S/C19H18N2O3.CH4/c1-20-19(24)17(21-18(23)13-6-3-2-4-7-13)14-11-10-12-8-5-9-15(22)16(12)14;/h2-9,22H,10-11H2,1H3,(H,20,24)(H,21,23);1H4/b17-14-;. The van der Waals surface area contributed by atoms with Crippen LogP contribution in [-0.4, -0.2) is 24.0 Å². The Labute approximate surface area is 147 Å². The van der Waals surface area contributed by atoms with E-state index < -0.39 is 0 Å². The number of phenols is 1. The number of carbonyl (C=O) groups is 2. The summed E-state index contributed by atoms with van der Waals surface area (Å²) in [6, 6.07) is 14.0. The summed E-state index contributed by atoms with van der Waals surface area (Å²) in [6.07, 6.45) is 1.31. The Kier molecular flexibility index (Phi) is 5.60. The van der Waals surface area contributed by atoms with E-state index in [1.165, 1.54) is 7.05 Å². The van der Waals surface area contributed by atoms with E-state index in [1.807, 2.05) is 12.1 Å². The van der Waals surface area contributed by atoms with Crippen molar-refractivity contribution >= 4 is 17.4 Å². The fourth-order valence-electron chi connectivity index (χ4n) is 2.95. The highest BCUT2D eigenvalue weighted by Gasteiger charge is 2.26. The highest BCUT2D eigenvalue weighted by molar-refractivity contribution is 6.08. The number of phenolic OH excluding ortho intramolecular Hbond substituents is 1. The normalized spacial score (nSPS) is 14.1. The van der Waals surface area contributed by atoms with Crippen LogP contribution in [0, 0.1) is 0 Å². The van der Waals surface area contributed by atoms with Crippen molar-refractivity contribution < 1.29 is 14.7 Å². The predicted octanol–water partition coefficient (Wildman–Crippen LogP) is 2.86. The third kappa shape index (κ3) is 3.55. The molecule has 0 radical (unpaired) electrons. The van der Waals surface area contributed by atoms with E-state index in [4.69, 9.17) is 0 Å². The Morgan fingerprint density at radius 1 is 1.00 bits per heavy atom. The number of likely N-dealkylation sites (N-methyl/N-ethyl adjacent to an activating group) is 1. The van der Waals surface area contributed by atoms with Gasteiger partial charge in [0.15, 0.2) is 0 Å². The van der Waals surface area contributed by atoms with Gasteiger partial charge in [-0.3, -0.25) is 9.59 Å². The first-order valence-corrected chi connectivity index (χ1v) is 7.74. The first kappa shape index (κ1) is 18.3. The lowest BCUT2D eigenvalue weighted by Crippen LogP contribution is -2.34. The monoisotopic (exact) mass is 338 g/mol. The van der Waals surface area contributed by atoms with Crippen molar-refractivity contribution in [1.29, 1.82) is 0 Å². The molecule has 2 amide bonds. The molecule has 3 N–H and O–H groups in total. The zero-order chi connectivity index (χ0) is 17.1. The van der Waals surface area contributed by atoms with Crippen LogP contribution in [0.1, 0.15) is 35.3 Å². The number of nitrogens with one attached hydrogen (secondary N) is 2. The molecule has 25 heavy (non-hydrogen) atoms. The van der Waals surface area contributed by atoms with Gasteiger partial charge >= 0.3 is 0 Å². The van der Waals surface area contributed by atoms with Crippen molar-refractivity contribution in [2.45, 2.75) is 20.3 Å². The van der Waals surface area contributed by atoms with Crippen molar-refractivity contribution in [2.75, 3.05) is 7.05 Å². The van der Waals surface area contributed by atoms with Gasteiger partial charge in [-0.1, -0.05) is 37.8 Å². The molecule has 1 aliphatic carbocycles. The minimum Gasteiger partial charge on any atom is -0.507 e. The molecule has 3 rings (SSSR count). The zero-order valence-electron chi connectivity index (χ0n) is 13.3. The number of benzene rings is 2. The minimum absolute atomic E-state index is 0. The number of fused-ring (bicyclic) bond motifs is 1. The van der Waals surface area contributed by atoms with Crippen LogP contribution in [-0.2, 0) is 11.2 Å². The van der Waals surface area contributed by atoms with Gasteiger partial charge in [0, 0.05) is 18.2 Å². The molecule has 5 nitrogen and oxygen atoms in total. The number of hydrogen-bond acceptors (Lipinski definition) is 3. The largest absolute Gasteiger partial charge is 0.507 e. The van der Waals surface area contributed by atoms with E-state index in [9.17, 15) is 14.7 Å². The average Bonchev–Trinajstić information content (AvgIpc) is 3.05. The third-order valence-corrected chi connectivity index (χ3v) is 4.11. The molecule has 2 aromatic carbocycles. The van der Waals surface area contributed by atoms with E-state index in [1.54, 1.807) is 36.4 Å². The third-order valence-electron chi connectivity index (χ3n) is 4.11. The van der Waals surface area contributed by atoms with Gasteiger partial charge in [-0.15, -0.1) is 0 Å².